The molecular weight excluding hydrogens is 349 g/mol. The topological polar surface area (TPSA) is 78.1 Å². The maximum atomic E-state index is 13.0. The van der Waals surface area contributed by atoms with Crippen molar-refractivity contribution in [1.29, 1.82) is 0 Å². The molecule has 6 nitrogen and oxygen atoms in total. The highest BCUT2D eigenvalue weighted by molar-refractivity contribution is 5.99. The van der Waals surface area contributed by atoms with E-state index in [-0.39, 0.29) is 30.3 Å². The van der Waals surface area contributed by atoms with Crippen LogP contribution in [0.25, 0.3) is 0 Å². The van der Waals surface area contributed by atoms with E-state index in [2.05, 4.69) is 22.1 Å². The lowest BCUT2D eigenvalue weighted by atomic mass is 10.0. The first-order valence-electron chi connectivity index (χ1n) is 7.75. The number of nitrogens with zero attached hydrogens (tertiary/aromatic N) is 2. The lowest BCUT2D eigenvalue weighted by Crippen LogP contribution is -2.36. The van der Waals surface area contributed by atoms with Crippen molar-refractivity contribution in [2.24, 2.45) is 0 Å². The molecular formula is C17H15F3N4O2. The largest absolute Gasteiger partial charge is 0.435 e. The Bertz CT molecular complexity index is 856. The molecule has 2 amide bonds. The van der Waals surface area contributed by atoms with Crippen molar-refractivity contribution < 1.29 is 22.8 Å². The lowest BCUT2D eigenvalue weighted by molar-refractivity contribution is -0.142. The van der Waals surface area contributed by atoms with Gasteiger partial charge in [0.2, 0.25) is 5.91 Å². The summed E-state index contributed by atoms with van der Waals surface area (Å²) in [5.74, 6) is -0.765. The fraction of sp³-hybridized carbons (Fsp3) is 0.235. The van der Waals surface area contributed by atoms with Crippen LogP contribution in [0.4, 0.5) is 18.9 Å². The molecule has 0 aliphatic carbocycles. The number of rotatable bonds is 3. The standard InChI is InChI=1S/C17H15F3N4O2/c1-2-14(25)21-11-5-3-10(4-6-11)16(26)24-8-7-13-12(9-24)15(23-22-13)17(18,19)20/h2-6H,1,7-9H2,(H,21,25)(H,22,23). The fourth-order valence-electron chi connectivity index (χ4n) is 2.77. The van der Waals surface area contributed by atoms with Gasteiger partial charge in [-0.3, -0.25) is 14.7 Å². The van der Waals surface area contributed by atoms with Crippen LogP contribution in [0.1, 0.15) is 27.3 Å². The second-order valence-electron chi connectivity index (χ2n) is 5.77. The average Bonchev–Trinajstić information content (AvgIpc) is 3.05. The van der Waals surface area contributed by atoms with Crippen molar-refractivity contribution in [3.63, 3.8) is 0 Å². The highest BCUT2D eigenvalue weighted by Crippen LogP contribution is 2.34. The molecule has 0 fully saturated rings. The van der Waals surface area contributed by atoms with Crippen LogP contribution in [-0.2, 0) is 23.9 Å². The zero-order chi connectivity index (χ0) is 18.9. The van der Waals surface area contributed by atoms with Gasteiger partial charge in [0.05, 0.1) is 0 Å². The van der Waals surface area contributed by atoms with Gasteiger partial charge in [-0.1, -0.05) is 6.58 Å². The summed E-state index contributed by atoms with van der Waals surface area (Å²) in [6.07, 6.45) is -3.17. The monoisotopic (exact) mass is 364 g/mol. The summed E-state index contributed by atoms with van der Waals surface area (Å²) in [6.45, 7) is 3.48. The molecule has 1 aliphatic heterocycles. The smallest absolute Gasteiger partial charge is 0.334 e. The number of anilines is 1. The first kappa shape index (κ1) is 17.7. The van der Waals surface area contributed by atoms with Gasteiger partial charge in [-0.05, 0) is 30.3 Å². The minimum atomic E-state index is -4.57. The molecule has 0 saturated carbocycles. The van der Waals surface area contributed by atoms with Crippen LogP contribution in [-0.4, -0.2) is 33.5 Å². The van der Waals surface area contributed by atoms with Crippen LogP contribution in [0.3, 0.4) is 0 Å². The molecule has 0 spiro atoms. The molecule has 26 heavy (non-hydrogen) atoms. The summed E-state index contributed by atoms with van der Waals surface area (Å²) in [5, 5.41) is 8.31. The van der Waals surface area contributed by atoms with Crippen molar-refractivity contribution in [1.82, 2.24) is 15.1 Å². The summed E-state index contributed by atoms with van der Waals surface area (Å²) in [7, 11) is 0. The Morgan fingerprint density at radius 1 is 1.27 bits per heavy atom. The maximum absolute atomic E-state index is 13.0. The van der Waals surface area contributed by atoms with Gasteiger partial charge in [-0.15, -0.1) is 0 Å². The van der Waals surface area contributed by atoms with Gasteiger partial charge in [0.15, 0.2) is 5.69 Å². The van der Waals surface area contributed by atoms with Gasteiger partial charge >= 0.3 is 6.18 Å². The number of nitrogens with one attached hydrogen (secondary N) is 2. The van der Waals surface area contributed by atoms with Gasteiger partial charge < -0.3 is 10.2 Å². The first-order chi connectivity index (χ1) is 12.3. The number of halogens is 3. The predicted octanol–water partition coefficient (Wildman–Crippen LogP) is 2.75. The molecule has 0 bridgehead atoms. The van der Waals surface area contributed by atoms with E-state index in [0.29, 0.717) is 23.5 Å². The van der Waals surface area contributed by atoms with E-state index in [1.54, 1.807) is 12.1 Å². The third-order valence-corrected chi connectivity index (χ3v) is 4.07. The molecule has 0 unspecified atom stereocenters. The number of benzene rings is 1. The molecule has 2 heterocycles. The second-order valence-corrected chi connectivity index (χ2v) is 5.77. The SMILES string of the molecule is C=CC(=O)Nc1ccc(C(=O)N2CCc3[nH]nc(C(F)(F)F)c3C2)cc1. The summed E-state index contributed by atoms with van der Waals surface area (Å²) in [6, 6.07) is 6.11. The van der Waals surface area contributed by atoms with E-state index in [0.717, 1.165) is 6.08 Å². The molecule has 3 rings (SSSR count). The Morgan fingerprint density at radius 2 is 1.96 bits per heavy atom. The minimum absolute atomic E-state index is 0.00645. The summed E-state index contributed by atoms with van der Waals surface area (Å²) in [4.78, 5) is 25.2. The maximum Gasteiger partial charge on any atom is 0.435 e. The van der Waals surface area contributed by atoms with Crippen molar-refractivity contribution in [3.05, 3.63) is 59.4 Å². The second kappa shape index (κ2) is 6.66. The molecule has 2 N–H and O–H groups in total. The molecule has 0 saturated heterocycles. The number of hydrogen-bond donors (Lipinski definition) is 2. The highest BCUT2D eigenvalue weighted by Gasteiger charge is 2.39. The Hall–Kier alpha value is -3.10. The van der Waals surface area contributed by atoms with Crippen LogP contribution < -0.4 is 5.32 Å². The van der Waals surface area contributed by atoms with E-state index >= 15 is 0 Å². The van der Waals surface area contributed by atoms with Crippen LogP contribution in [0.15, 0.2) is 36.9 Å². The number of carbonyl (C=O) groups excluding carboxylic acids is 2. The molecule has 0 radical (unpaired) electrons. The Balaban J connectivity index is 1.76. The lowest BCUT2D eigenvalue weighted by Gasteiger charge is -2.27. The Kier molecular flexibility index (Phi) is 4.54. The molecule has 9 heteroatoms. The van der Waals surface area contributed by atoms with Crippen molar-refractivity contribution in [2.45, 2.75) is 19.1 Å². The van der Waals surface area contributed by atoms with Crippen molar-refractivity contribution in [2.75, 3.05) is 11.9 Å². The Labute approximate surface area is 146 Å². The van der Waals surface area contributed by atoms with Crippen LogP contribution in [0, 0.1) is 0 Å². The quantitative estimate of drug-likeness (QED) is 0.822. The van der Waals surface area contributed by atoms with E-state index in [4.69, 9.17) is 0 Å². The van der Waals surface area contributed by atoms with Crippen LogP contribution >= 0.6 is 0 Å². The van der Waals surface area contributed by atoms with Gasteiger partial charge in [0.1, 0.15) is 0 Å². The summed E-state index contributed by atoms with van der Waals surface area (Å²) >= 11 is 0. The number of carbonyl (C=O) groups is 2. The van der Waals surface area contributed by atoms with Gasteiger partial charge in [-0.2, -0.15) is 18.3 Å². The van der Waals surface area contributed by atoms with Crippen molar-refractivity contribution in [3.8, 4) is 0 Å². The molecule has 2 aromatic rings. The zero-order valence-electron chi connectivity index (χ0n) is 13.6. The number of alkyl halides is 3. The fourth-order valence-corrected chi connectivity index (χ4v) is 2.77. The van der Waals surface area contributed by atoms with E-state index in [1.165, 1.54) is 17.0 Å². The Morgan fingerprint density at radius 3 is 2.58 bits per heavy atom. The summed E-state index contributed by atoms with van der Waals surface area (Å²) in [5.41, 5.74) is 0.243. The van der Waals surface area contributed by atoms with E-state index < -0.39 is 11.9 Å². The molecule has 136 valence electrons. The van der Waals surface area contributed by atoms with Crippen LogP contribution in [0.2, 0.25) is 0 Å². The van der Waals surface area contributed by atoms with E-state index in [9.17, 15) is 22.8 Å². The van der Waals surface area contributed by atoms with Crippen molar-refractivity contribution >= 4 is 17.5 Å². The highest BCUT2D eigenvalue weighted by atomic mass is 19.4. The zero-order valence-corrected chi connectivity index (χ0v) is 13.6. The molecule has 0 atom stereocenters. The minimum Gasteiger partial charge on any atom is -0.334 e. The summed E-state index contributed by atoms with van der Waals surface area (Å²) < 4.78 is 39.0. The third kappa shape index (κ3) is 3.46. The van der Waals surface area contributed by atoms with Gasteiger partial charge in [0.25, 0.3) is 5.91 Å². The first-order valence-corrected chi connectivity index (χ1v) is 7.75. The van der Waals surface area contributed by atoms with Gasteiger partial charge in [0, 0.05) is 42.0 Å². The average molecular weight is 364 g/mol. The van der Waals surface area contributed by atoms with Gasteiger partial charge in [-0.25, -0.2) is 0 Å². The number of H-pyrrole nitrogens is 1. The number of aromatic amines is 1. The number of amides is 2. The normalized spacial score (nSPS) is 13.9. The number of hydrogen-bond acceptors (Lipinski definition) is 3. The number of aromatic nitrogens is 2. The number of fused-ring (bicyclic) bond motifs is 1. The molecule has 1 aliphatic rings. The predicted molar refractivity (Wildman–Crippen MR) is 87.3 cm³/mol. The van der Waals surface area contributed by atoms with Crippen LogP contribution in [0.5, 0.6) is 0 Å². The molecule has 1 aromatic heterocycles. The third-order valence-electron chi connectivity index (χ3n) is 4.07. The molecule has 1 aromatic carbocycles. The van der Waals surface area contributed by atoms with E-state index in [1.807, 2.05) is 0 Å².